The summed E-state index contributed by atoms with van der Waals surface area (Å²) in [6.45, 7) is 7.66. The van der Waals surface area contributed by atoms with Crippen molar-refractivity contribution in [2.45, 2.75) is 26.5 Å². The topological polar surface area (TPSA) is 50.8 Å². The molecular weight excluding hydrogens is 328 g/mol. The van der Waals surface area contributed by atoms with E-state index in [2.05, 4.69) is 34.5 Å². The molecule has 2 aromatic carbocycles. The van der Waals surface area contributed by atoms with Crippen LogP contribution in [0.2, 0.25) is 0 Å². The molecule has 0 aromatic heterocycles. The zero-order chi connectivity index (χ0) is 18.4. The van der Waals surface area contributed by atoms with Crippen molar-refractivity contribution in [1.29, 1.82) is 0 Å². The minimum absolute atomic E-state index is 0.122. The van der Waals surface area contributed by atoms with Crippen LogP contribution in [0.25, 0.3) is 0 Å². The van der Waals surface area contributed by atoms with Crippen molar-refractivity contribution in [2.24, 2.45) is 0 Å². The summed E-state index contributed by atoms with van der Waals surface area (Å²) in [7, 11) is 0. The van der Waals surface area contributed by atoms with Crippen molar-refractivity contribution < 1.29 is 14.3 Å². The summed E-state index contributed by atoms with van der Waals surface area (Å²) >= 11 is 0. The molecule has 0 spiro atoms. The minimum atomic E-state index is -0.537. The Labute approximate surface area is 154 Å². The van der Waals surface area contributed by atoms with E-state index in [4.69, 9.17) is 9.47 Å². The van der Waals surface area contributed by atoms with Gasteiger partial charge in [0.15, 0.2) is 6.10 Å². The van der Waals surface area contributed by atoms with E-state index in [0.29, 0.717) is 12.3 Å². The van der Waals surface area contributed by atoms with Crippen LogP contribution in [-0.4, -0.2) is 38.3 Å². The first kappa shape index (κ1) is 18.3. The highest BCUT2D eigenvalue weighted by Crippen LogP contribution is 2.17. The first-order valence-corrected chi connectivity index (χ1v) is 9.04. The number of nitrogens with one attached hydrogen (secondary N) is 1. The number of benzene rings is 2. The van der Waals surface area contributed by atoms with E-state index in [1.54, 1.807) is 6.92 Å². The Morgan fingerprint density at radius 3 is 2.42 bits per heavy atom. The predicted octanol–water partition coefficient (Wildman–Crippen LogP) is 2.92. The molecule has 3 rings (SSSR count). The van der Waals surface area contributed by atoms with Gasteiger partial charge in [-0.15, -0.1) is 0 Å². The van der Waals surface area contributed by atoms with Gasteiger partial charge in [-0.3, -0.25) is 4.79 Å². The lowest BCUT2D eigenvalue weighted by Gasteiger charge is -2.28. The fourth-order valence-corrected chi connectivity index (χ4v) is 2.85. The van der Waals surface area contributed by atoms with Gasteiger partial charge in [0.2, 0.25) is 0 Å². The van der Waals surface area contributed by atoms with Crippen LogP contribution in [0.5, 0.6) is 5.75 Å². The predicted molar refractivity (Wildman–Crippen MR) is 103 cm³/mol. The molecular formula is C21H26N2O3. The molecule has 1 heterocycles. The number of nitrogens with zero attached hydrogens (tertiary/aromatic N) is 1. The molecule has 26 heavy (non-hydrogen) atoms. The van der Waals surface area contributed by atoms with Crippen LogP contribution in [0.4, 0.5) is 5.69 Å². The molecule has 0 bridgehead atoms. The third kappa shape index (κ3) is 4.99. The maximum atomic E-state index is 12.2. The number of rotatable bonds is 6. The number of carbonyl (C=O) groups is 1. The highest BCUT2D eigenvalue weighted by atomic mass is 16.5. The zero-order valence-electron chi connectivity index (χ0n) is 15.4. The van der Waals surface area contributed by atoms with Crippen molar-refractivity contribution >= 4 is 11.6 Å². The number of hydrogen-bond donors (Lipinski definition) is 1. The summed E-state index contributed by atoms with van der Waals surface area (Å²) in [5.74, 6) is 0.580. The summed E-state index contributed by atoms with van der Waals surface area (Å²) in [5, 5.41) is 2.93. The molecule has 0 unspecified atom stereocenters. The molecule has 0 radical (unpaired) electrons. The summed E-state index contributed by atoms with van der Waals surface area (Å²) in [4.78, 5) is 14.6. The van der Waals surface area contributed by atoms with Gasteiger partial charge in [-0.1, -0.05) is 29.8 Å². The Balaban J connectivity index is 1.48. The molecule has 5 heteroatoms. The van der Waals surface area contributed by atoms with E-state index >= 15 is 0 Å². The Bertz CT molecular complexity index is 707. The molecule has 1 saturated heterocycles. The van der Waals surface area contributed by atoms with Gasteiger partial charge in [-0.05, 0) is 43.7 Å². The summed E-state index contributed by atoms with van der Waals surface area (Å²) in [6.07, 6.45) is -0.537. The van der Waals surface area contributed by atoms with Gasteiger partial charge in [-0.25, -0.2) is 0 Å². The smallest absolute Gasteiger partial charge is 0.261 e. The number of aryl methyl sites for hydroxylation is 1. The second-order valence-electron chi connectivity index (χ2n) is 6.56. The highest BCUT2D eigenvalue weighted by molar-refractivity contribution is 5.80. The second-order valence-corrected chi connectivity index (χ2v) is 6.56. The van der Waals surface area contributed by atoms with Gasteiger partial charge < -0.3 is 19.7 Å². The van der Waals surface area contributed by atoms with Gasteiger partial charge in [0.1, 0.15) is 5.75 Å². The Hall–Kier alpha value is -2.53. The van der Waals surface area contributed by atoms with Crippen LogP contribution in [0, 0.1) is 6.92 Å². The van der Waals surface area contributed by atoms with Gasteiger partial charge in [-0.2, -0.15) is 0 Å². The lowest BCUT2D eigenvalue weighted by molar-refractivity contribution is -0.127. The fourth-order valence-electron chi connectivity index (χ4n) is 2.85. The molecule has 1 atom stereocenters. The van der Waals surface area contributed by atoms with E-state index in [-0.39, 0.29) is 5.91 Å². The van der Waals surface area contributed by atoms with Crippen LogP contribution >= 0.6 is 0 Å². The molecule has 138 valence electrons. The van der Waals surface area contributed by atoms with Crippen LogP contribution < -0.4 is 15.0 Å². The van der Waals surface area contributed by atoms with Crippen molar-refractivity contribution in [3.8, 4) is 5.75 Å². The van der Waals surface area contributed by atoms with E-state index in [1.165, 1.54) is 5.69 Å². The van der Waals surface area contributed by atoms with Crippen LogP contribution in [0.1, 0.15) is 18.1 Å². The Kier molecular flexibility index (Phi) is 6.12. The van der Waals surface area contributed by atoms with Crippen molar-refractivity contribution in [1.82, 2.24) is 5.32 Å². The number of carbonyl (C=O) groups excluding carboxylic acids is 1. The van der Waals surface area contributed by atoms with Crippen LogP contribution in [0.3, 0.4) is 0 Å². The average molecular weight is 354 g/mol. The van der Waals surface area contributed by atoms with Gasteiger partial charge in [0.05, 0.1) is 13.2 Å². The van der Waals surface area contributed by atoms with E-state index in [1.807, 2.05) is 31.2 Å². The molecule has 1 aliphatic heterocycles. The minimum Gasteiger partial charge on any atom is -0.481 e. The summed E-state index contributed by atoms with van der Waals surface area (Å²) < 4.78 is 11.1. The normalized spacial score (nSPS) is 15.4. The van der Waals surface area contributed by atoms with E-state index in [0.717, 1.165) is 37.4 Å². The maximum Gasteiger partial charge on any atom is 0.261 e. The van der Waals surface area contributed by atoms with Crippen molar-refractivity contribution in [2.75, 3.05) is 31.2 Å². The Morgan fingerprint density at radius 2 is 1.77 bits per heavy atom. The SMILES string of the molecule is Cc1ccc(O[C@H](C)C(=O)NCc2ccc(N3CCOCC3)cc2)cc1. The van der Waals surface area contributed by atoms with Crippen LogP contribution in [0.15, 0.2) is 48.5 Å². The molecule has 1 fully saturated rings. The fraction of sp³-hybridized carbons (Fsp3) is 0.381. The van der Waals surface area contributed by atoms with Crippen molar-refractivity contribution in [3.63, 3.8) is 0 Å². The molecule has 1 N–H and O–H groups in total. The zero-order valence-corrected chi connectivity index (χ0v) is 15.4. The number of amides is 1. The van der Waals surface area contributed by atoms with Gasteiger partial charge >= 0.3 is 0 Å². The van der Waals surface area contributed by atoms with Gasteiger partial charge in [0.25, 0.3) is 5.91 Å². The number of anilines is 1. The first-order chi connectivity index (χ1) is 12.6. The molecule has 0 saturated carbocycles. The Morgan fingerprint density at radius 1 is 1.12 bits per heavy atom. The molecule has 0 aliphatic carbocycles. The molecule has 5 nitrogen and oxygen atoms in total. The number of ether oxygens (including phenoxy) is 2. The second kappa shape index (κ2) is 8.72. The molecule has 1 amide bonds. The third-order valence-corrected chi connectivity index (χ3v) is 4.48. The average Bonchev–Trinajstić information content (AvgIpc) is 2.69. The number of hydrogen-bond acceptors (Lipinski definition) is 4. The summed E-state index contributed by atoms with van der Waals surface area (Å²) in [6, 6.07) is 16.0. The highest BCUT2D eigenvalue weighted by Gasteiger charge is 2.15. The lowest BCUT2D eigenvalue weighted by Crippen LogP contribution is -2.36. The van der Waals surface area contributed by atoms with Crippen LogP contribution in [-0.2, 0) is 16.1 Å². The van der Waals surface area contributed by atoms with E-state index < -0.39 is 6.10 Å². The monoisotopic (exact) mass is 354 g/mol. The lowest BCUT2D eigenvalue weighted by atomic mass is 10.2. The van der Waals surface area contributed by atoms with Gasteiger partial charge in [0, 0.05) is 25.3 Å². The molecule has 2 aromatic rings. The van der Waals surface area contributed by atoms with E-state index in [9.17, 15) is 4.79 Å². The third-order valence-electron chi connectivity index (χ3n) is 4.48. The van der Waals surface area contributed by atoms with Crippen molar-refractivity contribution in [3.05, 3.63) is 59.7 Å². The first-order valence-electron chi connectivity index (χ1n) is 9.04. The summed E-state index contributed by atoms with van der Waals surface area (Å²) in [5.41, 5.74) is 3.42. The standard InChI is InChI=1S/C21H26N2O3/c1-16-3-9-20(10-4-16)26-17(2)21(24)22-15-18-5-7-19(8-6-18)23-11-13-25-14-12-23/h3-10,17H,11-15H2,1-2H3,(H,22,24)/t17-/m1/s1. The quantitative estimate of drug-likeness (QED) is 0.867. The largest absolute Gasteiger partial charge is 0.481 e. The molecule has 1 aliphatic rings. The number of morpholine rings is 1. The maximum absolute atomic E-state index is 12.2.